The number of nitrogens with zero attached hydrogens (tertiary/aromatic N) is 2. The Bertz CT molecular complexity index is 629. The molecular weight excluding hydrogens is 292 g/mol. The molecule has 98 valence electrons. The topological polar surface area (TPSA) is 54.9 Å². The van der Waals surface area contributed by atoms with Gasteiger partial charge in [0.1, 0.15) is 11.5 Å². The fraction of sp³-hybridized carbons (Fsp3) is 0.0833. The third-order valence-electron chi connectivity index (χ3n) is 2.24. The third kappa shape index (κ3) is 3.39. The average molecular weight is 300 g/mol. The minimum Gasteiger partial charge on any atom is -0.318 e. The number of aryl methyl sites for hydroxylation is 1. The van der Waals surface area contributed by atoms with Crippen LogP contribution < -0.4 is 5.32 Å². The number of hydrogen-bond donors (Lipinski definition) is 1. The highest BCUT2D eigenvalue weighted by atomic mass is 35.5. The highest BCUT2D eigenvalue weighted by Gasteiger charge is 2.12. The van der Waals surface area contributed by atoms with E-state index in [0.717, 1.165) is 6.07 Å². The maximum atomic E-state index is 13.5. The number of benzene rings is 1. The molecule has 0 aliphatic heterocycles. The molecule has 0 atom stereocenters. The zero-order valence-corrected chi connectivity index (χ0v) is 11.3. The summed E-state index contributed by atoms with van der Waals surface area (Å²) in [7, 11) is 0. The van der Waals surface area contributed by atoms with Gasteiger partial charge in [0, 0.05) is 10.7 Å². The van der Waals surface area contributed by atoms with Crippen LogP contribution in [0.25, 0.3) is 0 Å². The molecule has 19 heavy (non-hydrogen) atoms. The van der Waals surface area contributed by atoms with E-state index in [1.54, 1.807) is 6.92 Å². The van der Waals surface area contributed by atoms with Gasteiger partial charge in [-0.05, 0) is 42.8 Å². The smallest absolute Gasteiger partial charge is 0.274 e. The predicted octanol–water partition coefficient (Wildman–Crippen LogP) is 3.48. The first-order valence-corrected chi connectivity index (χ1v) is 5.99. The van der Waals surface area contributed by atoms with Gasteiger partial charge in [-0.25, -0.2) is 14.4 Å². The molecule has 0 aliphatic carbocycles. The number of amides is 1. The van der Waals surface area contributed by atoms with Crippen LogP contribution in [-0.4, -0.2) is 15.9 Å². The van der Waals surface area contributed by atoms with Crippen molar-refractivity contribution in [2.45, 2.75) is 6.92 Å². The van der Waals surface area contributed by atoms with Gasteiger partial charge in [-0.1, -0.05) is 11.6 Å². The van der Waals surface area contributed by atoms with E-state index in [1.807, 2.05) is 0 Å². The van der Waals surface area contributed by atoms with E-state index in [9.17, 15) is 9.18 Å². The molecule has 4 nitrogen and oxygen atoms in total. The molecule has 2 aromatic rings. The zero-order valence-electron chi connectivity index (χ0n) is 9.75. The summed E-state index contributed by atoms with van der Waals surface area (Å²) < 4.78 is 13.5. The molecule has 0 bridgehead atoms. The third-order valence-corrected chi connectivity index (χ3v) is 2.64. The van der Waals surface area contributed by atoms with Crippen molar-refractivity contribution >= 4 is 34.8 Å². The molecule has 1 aromatic carbocycles. The second-order valence-electron chi connectivity index (χ2n) is 3.74. The van der Waals surface area contributed by atoms with Crippen molar-refractivity contribution in [2.75, 3.05) is 5.32 Å². The summed E-state index contributed by atoms with van der Waals surface area (Å²) in [6.45, 7) is 1.67. The van der Waals surface area contributed by atoms with Crippen LogP contribution in [0.4, 0.5) is 10.1 Å². The molecule has 0 unspecified atom stereocenters. The Labute approximate surface area is 118 Å². The Morgan fingerprint density at radius 3 is 2.63 bits per heavy atom. The van der Waals surface area contributed by atoms with Gasteiger partial charge in [0.2, 0.25) is 5.28 Å². The van der Waals surface area contributed by atoms with Crippen LogP contribution in [0.5, 0.6) is 0 Å². The zero-order chi connectivity index (χ0) is 14.0. The van der Waals surface area contributed by atoms with Crippen LogP contribution in [0.1, 0.15) is 16.2 Å². The number of anilines is 1. The molecular formula is C12H8Cl2FN3O. The summed E-state index contributed by atoms with van der Waals surface area (Å²) in [6, 6.07) is 5.40. The van der Waals surface area contributed by atoms with Crippen molar-refractivity contribution in [1.29, 1.82) is 0 Å². The molecule has 0 aliphatic rings. The monoisotopic (exact) mass is 299 g/mol. The molecule has 0 saturated carbocycles. The lowest BCUT2D eigenvalue weighted by Gasteiger charge is -2.06. The van der Waals surface area contributed by atoms with Gasteiger partial charge >= 0.3 is 0 Å². The first kappa shape index (κ1) is 13.7. The Morgan fingerprint density at radius 1 is 1.26 bits per heavy atom. The summed E-state index contributed by atoms with van der Waals surface area (Å²) in [5, 5.41) is 2.59. The number of halogens is 3. The minimum atomic E-state index is -0.627. The SMILES string of the molecule is Cc1cc(C(=O)Nc2ccc(Cl)cc2F)nc(Cl)n1. The van der Waals surface area contributed by atoms with Crippen LogP contribution >= 0.6 is 23.2 Å². The van der Waals surface area contributed by atoms with Crippen LogP contribution in [-0.2, 0) is 0 Å². The quantitative estimate of drug-likeness (QED) is 0.864. The largest absolute Gasteiger partial charge is 0.318 e. The van der Waals surface area contributed by atoms with Crippen molar-refractivity contribution in [1.82, 2.24) is 9.97 Å². The Hall–Kier alpha value is -1.72. The summed E-state index contributed by atoms with van der Waals surface area (Å²) in [5.74, 6) is -1.20. The standard InChI is InChI=1S/C12H8Cl2FN3O/c1-6-4-10(18-12(14)16-6)11(19)17-9-3-2-7(13)5-8(9)15/h2-5H,1H3,(H,17,19). The summed E-state index contributed by atoms with van der Waals surface area (Å²) >= 11 is 11.3. The Morgan fingerprint density at radius 2 is 2.00 bits per heavy atom. The number of carbonyl (C=O) groups excluding carboxylic acids is 1. The van der Waals surface area contributed by atoms with Gasteiger partial charge in [-0.3, -0.25) is 4.79 Å². The second-order valence-corrected chi connectivity index (χ2v) is 4.52. The Kier molecular flexibility index (Phi) is 3.97. The lowest BCUT2D eigenvalue weighted by Crippen LogP contribution is -2.15. The maximum Gasteiger partial charge on any atom is 0.274 e. The molecule has 0 radical (unpaired) electrons. The van der Waals surface area contributed by atoms with Gasteiger partial charge in [0.05, 0.1) is 5.69 Å². The minimum absolute atomic E-state index is 0.0155. The molecule has 2 rings (SSSR count). The van der Waals surface area contributed by atoms with E-state index in [-0.39, 0.29) is 21.7 Å². The molecule has 1 heterocycles. The molecule has 0 fully saturated rings. The van der Waals surface area contributed by atoms with Crippen molar-refractivity contribution in [3.8, 4) is 0 Å². The number of carbonyl (C=O) groups is 1. The molecule has 0 spiro atoms. The number of rotatable bonds is 2. The van der Waals surface area contributed by atoms with Gasteiger partial charge < -0.3 is 5.32 Å². The van der Waals surface area contributed by atoms with Crippen LogP contribution in [0.15, 0.2) is 24.3 Å². The number of aromatic nitrogens is 2. The molecule has 1 N–H and O–H groups in total. The van der Waals surface area contributed by atoms with Crippen LogP contribution in [0.3, 0.4) is 0 Å². The number of hydrogen-bond acceptors (Lipinski definition) is 3. The molecule has 1 amide bonds. The van der Waals surface area contributed by atoms with E-state index < -0.39 is 11.7 Å². The summed E-state index contributed by atoms with van der Waals surface area (Å²) in [5.41, 5.74) is 0.621. The summed E-state index contributed by atoms with van der Waals surface area (Å²) in [4.78, 5) is 19.5. The van der Waals surface area contributed by atoms with Gasteiger partial charge in [0.15, 0.2) is 0 Å². The fourth-order valence-corrected chi connectivity index (χ4v) is 1.81. The van der Waals surface area contributed by atoms with Crippen molar-refractivity contribution in [3.05, 3.63) is 51.8 Å². The van der Waals surface area contributed by atoms with Gasteiger partial charge in [-0.2, -0.15) is 0 Å². The summed E-state index contributed by atoms with van der Waals surface area (Å²) in [6.07, 6.45) is 0. The van der Waals surface area contributed by atoms with E-state index in [2.05, 4.69) is 15.3 Å². The van der Waals surface area contributed by atoms with Crippen molar-refractivity contribution in [3.63, 3.8) is 0 Å². The van der Waals surface area contributed by atoms with E-state index in [0.29, 0.717) is 5.69 Å². The number of nitrogens with one attached hydrogen (secondary N) is 1. The maximum absolute atomic E-state index is 13.5. The molecule has 1 aromatic heterocycles. The van der Waals surface area contributed by atoms with Crippen molar-refractivity contribution < 1.29 is 9.18 Å². The van der Waals surface area contributed by atoms with Crippen molar-refractivity contribution in [2.24, 2.45) is 0 Å². The van der Waals surface area contributed by atoms with E-state index >= 15 is 0 Å². The van der Waals surface area contributed by atoms with Gasteiger partial charge in [0.25, 0.3) is 5.91 Å². The molecule has 0 saturated heterocycles. The highest BCUT2D eigenvalue weighted by Crippen LogP contribution is 2.19. The predicted molar refractivity (Wildman–Crippen MR) is 71.1 cm³/mol. The molecule has 7 heteroatoms. The Balaban J connectivity index is 2.25. The lowest BCUT2D eigenvalue weighted by molar-refractivity contribution is 0.102. The lowest BCUT2D eigenvalue weighted by atomic mass is 10.2. The highest BCUT2D eigenvalue weighted by molar-refractivity contribution is 6.30. The van der Waals surface area contributed by atoms with Crippen LogP contribution in [0, 0.1) is 12.7 Å². The van der Waals surface area contributed by atoms with Gasteiger partial charge in [-0.15, -0.1) is 0 Å². The fourth-order valence-electron chi connectivity index (χ4n) is 1.43. The second kappa shape index (κ2) is 5.50. The average Bonchev–Trinajstić information content (AvgIpc) is 2.31. The first-order valence-electron chi connectivity index (χ1n) is 5.23. The van der Waals surface area contributed by atoms with E-state index in [4.69, 9.17) is 23.2 Å². The van der Waals surface area contributed by atoms with E-state index in [1.165, 1.54) is 18.2 Å². The first-order chi connectivity index (χ1) is 8.95. The van der Waals surface area contributed by atoms with Crippen LogP contribution in [0.2, 0.25) is 10.3 Å². The normalized spacial score (nSPS) is 10.3.